The highest BCUT2D eigenvalue weighted by Gasteiger charge is 2.47. The summed E-state index contributed by atoms with van der Waals surface area (Å²) in [7, 11) is 0. The van der Waals surface area contributed by atoms with E-state index < -0.39 is 6.04 Å². The van der Waals surface area contributed by atoms with E-state index in [9.17, 15) is 9.59 Å². The average Bonchev–Trinajstić information content (AvgIpc) is 3.74. The molecule has 3 aliphatic rings. The topological polar surface area (TPSA) is 102 Å². The molecule has 210 valence electrons. The van der Waals surface area contributed by atoms with E-state index in [1.54, 1.807) is 0 Å². The van der Waals surface area contributed by atoms with E-state index in [1.807, 2.05) is 48.5 Å². The van der Waals surface area contributed by atoms with Gasteiger partial charge in [-0.1, -0.05) is 24.3 Å². The van der Waals surface area contributed by atoms with Crippen LogP contribution in [0.15, 0.2) is 48.5 Å². The van der Waals surface area contributed by atoms with Crippen molar-refractivity contribution in [2.45, 2.75) is 82.8 Å². The van der Waals surface area contributed by atoms with E-state index in [4.69, 9.17) is 18.9 Å². The summed E-state index contributed by atoms with van der Waals surface area (Å²) in [6, 6.07) is 14.9. The summed E-state index contributed by atoms with van der Waals surface area (Å²) < 4.78 is 22.8. The van der Waals surface area contributed by atoms with Gasteiger partial charge in [0.25, 0.3) is 0 Å². The van der Waals surface area contributed by atoms with Crippen LogP contribution >= 0.6 is 0 Å². The summed E-state index contributed by atoms with van der Waals surface area (Å²) in [6.07, 6.45) is 3.21. The summed E-state index contributed by atoms with van der Waals surface area (Å²) >= 11 is 0. The van der Waals surface area contributed by atoms with Crippen molar-refractivity contribution in [3.05, 3.63) is 59.7 Å². The smallest absolute Gasteiger partial charge is 0.242 e. The minimum Gasteiger partial charge on any atom is -0.493 e. The lowest BCUT2D eigenvalue weighted by atomic mass is 9.98. The third-order valence-corrected chi connectivity index (χ3v) is 7.92. The number of amides is 2. The molecule has 0 aliphatic carbocycles. The van der Waals surface area contributed by atoms with Gasteiger partial charge in [0.1, 0.15) is 17.5 Å². The average molecular weight is 537 g/mol. The molecule has 0 aromatic heterocycles. The van der Waals surface area contributed by atoms with Crippen LogP contribution in [0.5, 0.6) is 11.5 Å². The van der Waals surface area contributed by atoms with Crippen LogP contribution in [-0.4, -0.2) is 61.0 Å². The first kappa shape index (κ1) is 27.5. The summed E-state index contributed by atoms with van der Waals surface area (Å²) in [5, 5.41) is 5.90. The zero-order valence-corrected chi connectivity index (χ0v) is 23.3. The van der Waals surface area contributed by atoms with Crippen molar-refractivity contribution in [3.8, 4) is 11.5 Å². The molecule has 39 heavy (non-hydrogen) atoms. The fourth-order valence-corrected chi connectivity index (χ4v) is 5.11. The second kappa shape index (κ2) is 11.2. The summed E-state index contributed by atoms with van der Waals surface area (Å²) in [4.78, 5) is 25.7. The minimum atomic E-state index is -0.611. The normalized spacial score (nSPS) is 26.7. The van der Waals surface area contributed by atoms with Crippen molar-refractivity contribution < 1.29 is 28.5 Å². The molecule has 8 heteroatoms. The van der Waals surface area contributed by atoms with Gasteiger partial charge in [-0.05, 0) is 69.5 Å². The Morgan fingerprint density at radius 3 is 1.67 bits per heavy atom. The van der Waals surface area contributed by atoms with Crippen LogP contribution in [0.25, 0.3) is 0 Å². The van der Waals surface area contributed by atoms with Crippen molar-refractivity contribution in [2.75, 3.05) is 19.8 Å². The van der Waals surface area contributed by atoms with E-state index >= 15 is 0 Å². The zero-order chi connectivity index (χ0) is 27.6. The molecule has 2 aromatic carbocycles. The molecule has 3 saturated heterocycles. The van der Waals surface area contributed by atoms with Gasteiger partial charge in [-0.3, -0.25) is 9.59 Å². The van der Waals surface area contributed by atoms with Gasteiger partial charge in [0.2, 0.25) is 11.8 Å². The molecule has 0 radical (unpaired) electrons. The first-order chi connectivity index (χ1) is 18.6. The quantitative estimate of drug-likeness (QED) is 0.402. The number of epoxide rings is 2. The fourth-order valence-electron chi connectivity index (χ4n) is 5.11. The van der Waals surface area contributed by atoms with Gasteiger partial charge in [0, 0.05) is 25.8 Å². The Morgan fingerprint density at radius 2 is 1.21 bits per heavy atom. The maximum absolute atomic E-state index is 13.0. The molecule has 0 bridgehead atoms. The molecular weight excluding hydrogens is 496 g/mol. The molecule has 5 rings (SSSR count). The summed E-state index contributed by atoms with van der Waals surface area (Å²) in [6.45, 7) is 9.85. The van der Waals surface area contributed by atoms with Gasteiger partial charge in [0.05, 0.1) is 42.5 Å². The van der Waals surface area contributed by atoms with Crippen LogP contribution in [0.3, 0.4) is 0 Å². The van der Waals surface area contributed by atoms with Crippen LogP contribution in [0.4, 0.5) is 0 Å². The highest BCUT2D eigenvalue weighted by molar-refractivity contribution is 5.91. The largest absolute Gasteiger partial charge is 0.493 e. The number of ether oxygens (including phenoxy) is 4. The van der Waals surface area contributed by atoms with E-state index in [-0.39, 0.29) is 41.1 Å². The third kappa shape index (κ3) is 7.31. The molecule has 0 saturated carbocycles. The SMILES string of the molecule is CC1(C)OC1CCOc1ccc(CC2CNC(=O)C(Cc3ccc(OCCC4OC4(C)C)cc3)NC2=O)cc1. The van der Waals surface area contributed by atoms with E-state index in [2.05, 4.69) is 38.3 Å². The second-order valence-corrected chi connectivity index (χ2v) is 11.9. The molecule has 2 N–H and O–H groups in total. The van der Waals surface area contributed by atoms with Crippen molar-refractivity contribution in [1.29, 1.82) is 0 Å². The minimum absolute atomic E-state index is 0.0241. The van der Waals surface area contributed by atoms with Crippen LogP contribution in [-0.2, 0) is 31.9 Å². The van der Waals surface area contributed by atoms with Gasteiger partial charge in [0.15, 0.2) is 0 Å². The van der Waals surface area contributed by atoms with E-state index in [0.29, 0.717) is 32.6 Å². The van der Waals surface area contributed by atoms with Gasteiger partial charge in [-0.25, -0.2) is 0 Å². The highest BCUT2D eigenvalue weighted by atomic mass is 16.6. The maximum Gasteiger partial charge on any atom is 0.242 e. The molecule has 2 amide bonds. The van der Waals surface area contributed by atoms with Crippen molar-refractivity contribution in [3.63, 3.8) is 0 Å². The molecule has 2 aromatic rings. The summed E-state index contributed by atoms with van der Waals surface area (Å²) in [5.74, 6) is 0.967. The number of nitrogens with one attached hydrogen (secondary N) is 2. The number of hydrogen-bond acceptors (Lipinski definition) is 6. The lowest BCUT2D eigenvalue weighted by Gasteiger charge is -2.16. The predicted octanol–water partition coefficient (Wildman–Crippen LogP) is 3.60. The Hall–Kier alpha value is -3.10. The van der Waals surface area contributed by atoms with E-state index in [1.165, 1.54) is 0 Å². The Balaban J connectivity index is 1.07. The predicted molar refractivity (Wildman–Crippen MR) is 147 cm³/mol. The second-order valence-electron chi connectivity index (χ2n) is 11.9. The standard InChI is InChI=1S/C31H40N2O6/c1-30(2)26(38-30)13-15-36-23-9-5-20(6-10-23)17-22-19-32-29(35)25(33-28(22)34)18-21-7-11-24(12-8-21)37-16-14-27-31(3,4)39-27/h5-12,22,25-27H,13-19H2,1-4H3,(H,32,35)(H,33,34). The fraction of sp³-hybridized carbons (Fsp3) is 0.548. The summed E-state index contributed by atoms with van der Waals surface area (Å²) in [5.41, 5.74) is 1.93. The number of hydrogen-bond donors (Lipinski definition) is 2. The highest BCUT2D eigenvalue weighted by Crippen LogP contribution is 2.38. The number of benzene rings is 2. The first-order valence-electron chi connectivity index (χ1n) is 14.0. The van der Waals surface area contributed by atoms with Crippen LogP contribution in [0.2, 0.25) is 0 Å². The van der Waals surface area contributed by atoms with Gasteiger partial charge in [-0.15, -0.1) is 0 Å². The molecule has 3 aliphatic heterocycles. The van der Waals surface area contributed by atoms with Crippen LogP contribution in [0, 0.1) is 5.92 Å². The molecule has 4 atom stereocenters. The van der Waals surface area contributed by atoms with Crippen LogP contribution in [0.1, 0.15) is 51.7 Å². The molecular formula is C31H40N2O6. The van der Waals surface area contributed by atoms with Crippen molar-refractivity contribution >= 4 is 11.8 Å². The third-order valence-electron chi connectivity index (χ3n) is 7.92. The molecule has 4 unspecified atom stereocenters. The Morgan fingerprint density at radius 1 is 0.744 bits per heavy atom. The Bertz CT molecular complexity index is 1160. The number of carbonyl (C=O) groups is 2. The zero-order valence-electron chi connectivity index (χ0n) is 23.3. The van der Waals surface area contributed by atoms with Gasteiger partial charge in [-0.2, -0.15) is 0 Å². The molecule has 0 spiro atoms. The Kier molecular flexibility index (Phi) is 7.87. The molecule has 8 nitrogen and oxygen atoms in total. The molecule has 3 fully saturated rings. The Labute approximate surface area is 230 Å². The maximum atomic E-state index is 13.0. The van der Waals surface area contributed by atoms with E-state index in [0.717, 1.165) is 35.5 Å². The molecule has 3 heterocycles. The number of carbonyl (C=O) groups excluding carboxylic acids is 2. The lowest BCUT2D eigenvalue weighted by Crippen LogP contribution is -2.44. The first-order valence-corrected chi connectivity index (χ1v) is 14.0. The lowest BCUT2D eigenvalue weighted by molar-refractivity contribution is -0.127. The van der Waals surface area contributed by atoms with Crippen molar-refractivity contribution in [1.82, 2.24) is 10.6 Å². The monoisotopic (exact) mass is 536 g/mol. The van der Waals surface area contributed by atoms with Crippen LogP contribution < -0.4 is 20.1 Å². The van der Waals surface area contributed by atoms with Gasteiger partial charge >= 0.3 is 0 Å². The van der Waals surface area contributed by atoms with Gasteiger partial charge < -0.3 is 29.6 Å². The number of rotatable bonds is 12. The van der Waals surface area contributed by atoms with Crippen molar-refractivity contribution in [2.24, 2.45) is 5.92 Å².